The van der Waals surface area contributed by atoms with Crippen LogP contribution in [0.15, 0.2) is 12.4 Å². The molecule has 5 heteroatoms. The van der Waals surface area contributed by atoms with E-state index in [1.807, 2.05) is 0 Å². The number of ketones is 1. The van der Waals surface area contributed by atoms with Gasteiger partial charge in [-0.25, -0.2) is 19.9 Å². The molecule has 2 aliphatic heterocycles. The van der Waals surface area contributed by atoms with Crippen molar-refractivity contribution in [2.24, 2.45) is 0 Å². The van der Waals surface area contributed by atoms with Gasteiger partial charge in [-0.2, -0.15) is 0 Å². The predicted octanol–water partition coefficient (Wildman–Crippen LogP) is -0.0358. The van der Waals surface area contributed by atoms with Crippen LogP contribution in [0.25, 0.3) is 11.2 Å². The van der Waals surface area contributed by atoms with Gasteiger partial charge in [0.25, 0.3) is 5.78 Å². The molecule has 4 rings (SSSR count). The molecule has 0 unspecified atom stereocenters. The van der Waals surface area contributed by atoms with Crippen molar-refractivity contribution in [1.82, 2.24) is 19.9 Å². The number of carbonyl (C=O) groups is 1. The van der Waals surface area contributed by atoms with E-state index in [4.69, 9.17) is 0 Å². The third kappa shape index (κ3) is 0.481. The van der Waals surface area contributed by atoms with Crippen LogP contribution in [0.3, 0.4) is 0 Å². The second-order valence-corrected chi connectivity index (χ2v) is 2.45. The number of nitrogens with zero attached hydrogens (tertiary/aromatic N) is 4. The maximum absolute atomic E-state index is 11.1. The molecule has 0 saturated heterocycles. The Labute approximate surface area is 66.5 Å². The topological polar surface area (TPSA) is 68.6 Å². The van der Waals surface area contributed by atoms with Gasteiger partial charge in [-0.05, 0) is 0 Å². The van der Waals surface area contributed by atoms with Crippen molar-refractivity contribution >= 4 is 16.9 Å². The fraction of sp³-hybridized carbons (Fsp3) is 0. The summed E-state index contributed by atoms with van der Waals surface area (Å²) in [5, 5.41) is 0. The molecular weight excluding hydrogens is 156 g/mol. The van der Waals surface area contributed by atoms with E-state index in [1.54, 1.807) is 6.20 Å². The molecule has 0 aromatic carbocycles. The van der Waals surface area contributed by atoms with Crippen LogP contribution >= 0.6 is 0 Å². The van der Waals surface area contributed by atoms with Crippen molar-refractivity contribution in [2.45, 2.75) is 0 Å². The highest BCUT2D eigenvalue weighted by Crippen LogP contribution is 2.20. The van der Waals surface area contributed by atoms with E-state index >= 15 is 0 Å². The third-order valence-corrected chi connectivity index (χ3v) is 1.75. The first-order valence-electron chi connectivity index (χ1n) is 3.40. The Kier molecular flexibility index (Phi) is 0.776. The van der Waals surface area contributed by atoms with Gasteiger partial charge in [0.1, 0.15) is 11.2 Å². The zero-order chi connectivity index (χ0) is 8.13. The molecule has 0 fully saturated rings. The van der Waals surface area contributed by atoms with Crippen LogP contribution in [-0.2, 0) is 0 Å². The molecule has 56 valence electrons. The summed E-state index contributed by atoms with van der Waals surface area (Å²) in [6.45, 7) is 0. The summed E-state index contributed by atoms with van der Waals surface area (Å²) in [6.07, 6.45) is 3.06. The molecule has 2 bridgehead atoms. The molecule has 0 radical (unpaired) electrons. The van der Waals surface area contributed by atoms with Gasteiger partial charge < -0.3 is 0 Å². The second-order valence-electron chi connectivity index (χ2n) is 2.45. The van der Waals surface area contributed by atoms with Gasteiger partial charge in [0, 0.05) is 12.4 Å². The van der Waals surface area contributed by atoms with E-state index < -0.39 is 0 Å². The molecule has 12 heavy (non-hydrogen) atoms. The van der Waals surface area contributed by atoms with E-state index in [0.29, 0.717) is 16.9 Å². The maximum Gasteiger partial charge on any atom is 0.251 e. The normalized spacial score (nSPS) is 13.2. The molecule has 0 atom stereocenters. The number of carbonyl (C=O) groups excluding carboxylic acids is 1. The van der Waals surface area contributed by atoms with Crippen LogP contribution in [-0.4, -0.2) is 25.7 Å². The van der Waals surface area contributed by atoms with E-state index in [0.717, 1.165) is 0 Å². The van der Waals surface area contributed by atoms with E-state index in [-0.39, 0.29) is 11.6 Å². The van der Waals surface area contributed by atoms with E-state index in [1.165, 1.54) is 6.20 Å². The highest BCUT2D eigenvalue weighted by Gasteiger charge is 2.29. The van der Waals surface area contributed by atoms with Crippen molar-refractivity contribution in [1.29, 1.82) is 0 Å². The fourth-order valence-corrected chi connectivity index (χ4v) is 1.18. The molecule has 4 heterocycles. The molecule has 0 aliphatic carbocycles. The predicted molar refractivity (Wildman–Crippen MR) is 38.6 cm³/mol. The minimum Gasteiger partial charge on any atom is -0.283 e. The monoisotopic (exact) mass is 158 g/mol. The molecule has 2 aromatic heterocycles. The highest BCUT2D eigenvalue weighted by molar-refractivity contribution is 6.17. The molecule has 2 aliphatic rings. The zero-order valence-electron chi connectivity index (χ0n) is 5.85. The van der Waals surface area contributed by atoms with Crippen LogP contribution < -0.4 is 0 Å². The van der Waals surface area contributed by atoms with Crippen molar-refractivity contribution < 1.29 is 4.79 Å². The molecular formula is C7H2N4O. The minimum atomic E-state index is -0.122. The average molecular weight is 158 g/mol. The summed E-state index contributed by atoms with van der Waals surface area (Å²) in [7, 11) is 0. The number of rotatable bonds is 0. The summed E-state index contributed by atoms with van der Waals surface area (Å²) < 4.78 is 0. The number of hydrogen-bond acceptors (Lipinski definition) is 5. The lowest BCUT2D eigenvalue weighted by molar-refractivity contribution is 0.0998. The largest absolute Gasteiger partial charge is 0.283 e. The standard InChI is InChI=1S/C7H2N4O/c12-5-3-4-6(9-2-1-8-4)11-7(5)10-3/h1-2H. The Balaban J connectivity index is 2.57. The van der Waals surface area contributed by atoms with Gasteiger partial charge >= 0.3 is 0 Å². The summed E-state index contributed by atoms with van der Waals surface area (Å²) >= 11 is 0. The smallest absolute Gasteiger partial charge is 0.251 e. The van der Waals surface area contributed by atoms with Gasteiger partial charge in [-0.1, -0.05) is 0 Å². The molecule has 0 N–H and O–H groups in total. The van der Waals surface area contributed by atoms with Crippen molar-refractivity contribution in [3.8, 4) is 0 Å². The van der Waals surface area contributed by atoms with Crippen LogP contribution in [0.4, 0.5) is 0 Å². The van der Waals surface area contributed by atoms with Gasteiger partial charge in [0.15, 0.2) is 5.65 Å². The van der Waals surface area contributed by atoms with Crippen LogP contribution in [0.1, 0.15) is 16.3 Å². The first-order chi connectivity index (χ1) is 5.86. The lowest BCUT2D eigenvalue weighted by Gasteiger charge is -2.10. The minimum absolute atomic E-state index is 0.122. The molecule has 5 nitrogen and oxygen atoms in total. The first-order valence-corrected chi connectivity index (χ1v) is 3.40. The van der Waals surface area contributed by atoms with Crippen molar-refractivity contribution in [2.75, 3.05) is 0 Å². The fourth-order valence-electron chi connectivity index (χ4n) is 1.18. The average Bonchev–Trinajstić information content (AvgIpc) is 2.16. The first kappa shape index (κ1) is 5.70. The Bertz CT molecular complexity index is 508. The zero-order valence-corrected chi connectivity index (χ0v) is 5.85. The Hall–Kier alpha value is -1.91. The molecule has 0 spiro atoms. The molecule has 0 saturated carbocycles. The molecule has 2 aromatic rings. The maximum atomic E-state index is 11.1. The van der Waals surface area contributed by atoms with Crippen LogP contribution in [0.2, 0.25) is 0 Å². The van der Waals surface area contributed by atoms with Crippen molar-refractivity contribution in [3.63, 3.8) is 0 Å². The van der Waals surface area contributed by atoms with Gasteiger partial charge in [-0.15, -0.1) is 0 Å². The lowest BCUT2D eigenvalue weighted by Crippen LogP contribution is -2.22. The SMILES string of the molecule is O=C1c2nc1c1nccnc1n2. The Morgan fingerprint density at radius 2 is 1.92 bits per heavy atom. The number of aromatic nitrogens is 4. The summed E-state index contributed by atoms with van der Waals surface area (Å²) in [5.41, 5.74) is 1.39. The van der Waals surface area contributed by atoms with E-state index in [9.17, 15) is 4.79 Å². The Morgan fingerprint density at radius 1 is 1.08 bits per heavy atom. The van der Waals surface area contributed by atoms with Crippen LogP contribution in [0, 0.1) is 0 Å². The summed E-state index contributed by atoms with van der Waals surface area (Å²) in [4.78, 5) is 26.8. The summed E-state index contributed by atoms with van der Waals surface area (Å²) in [5.74, 6) is 0.126. The van der Waals surface area contributed by atoms with Crippen molar-refractivity contribution in [3.05, 3.63) is 23.9 Å². The Morgan fingerprint density at radius 3 is 2.75 bits per heavy atom. The van der Waals surface area contributed by atoms with Crippen LogP contribution in [0.5, 0.6) is 0 Å². The quantitative estimate of drug-likeness (QED) is 0.459. The van der Waals surface area contributed by atoms with Gasteiger partial charge in [0.2, 0.25) is 5.82 Å². The molecule has 0 amide bonds. The number of hydrogen-bond donors (Lipinski definition) is 0. The van der Waals surface area contributed by atoms with Gasteiger partial charge in [0.05, 0.1) is 0 Å². The third-order valence-electron chi connectivity index (χ3n) is 1.75. The second kappa shape index (κ2) is 1.63. The van der Waals surface area contributed by atoms with Gasteiger partial charge in [-0.3, -0.25) is 4.79 Å². The lowest BCUT2D eigenvalue weighted by atomic mass is 10.1. The van der Waals surface area contributed by atoms with E-state index in [2.05, 4.69) is 19.9 Å². The highest BCUT2D eigenvalue weighted by atomic mass is 16.1. The summed E-state index contributed by atoms with van der Waals surface area (Å²) in [6, 6.07) is 0.